The smallest absolute Gasteiger partial charge is 0.340 e. The second kappa shape index (κ2) is 5.90. The van der Waals surface area contributed by atoms with Crippen molar-refractivity contribution in [3.05, 3.63) is 6.92 Å². The van der Waals surface area contributed by atoms with Crippen LogP contribution in [0.15, 0.2) is 0 Å². The van der Waals surface area contributed by atoms with Crippen LogP contribution in [0, 0.1) is 12.8 Å². The Kier molecular flexibility index (Phi) is 7.53. The zero-order chi connectivity index (χ0) is 9.99. The maximum atomic E-state index is 4.02. The van der Waals surface area contributed by atoms with Crippen LogP contribution in [0.2, 0.25) is 18.1 Å². The molecule has 0 nitrogen and oxygen atoms in total. The van der Waals surface area contributed by atoms with Crippen LogP contribution >= 0.6 is 11.2 Å². The van der Waals surface area contributed by atoms with Crippen molar-refractivity contribution < 1.29 is 18.9 Å². The fourth-order valence-electron chi connectivity index (χ4n) is 0.567. The van der Waals surface area contributed by atoms with Crippen molar-refractivity contribution in [2.24, 2.45) is 5.92 Å². The molecule has 0 aliphatic rings. The van der Waals surface area contributed by atoms with Gasteiger partial charge in [-0.25, -0.2) is 0 Å². The van der Waals surface area contributed by atoms with E-state index in [0.717, 1.165) is 0 Å². The minimum Gasteiger partial charge on any atom is -0.340 e. The minimum absolute atomic E-state index is 0. The Bertz CT molecular complexity index is 138. The van der Waals surface area contributed by atoms with Crippen molar-refractivity contribution in [1.82, 2.24) is 0 Å². The molecule has 1 unspecified atom stereocenters. The molecule has 0 N–H and O–H groups in total. The van der Waals surface area contributed by atoms with Crippen molar-refractivity contribution >= 4 is 18.4 Å². The standard InChI is InChI=1S/C10H23SSi.Li/c1-9(2)8-11-12(6,7)10(3,4)5;/h9H,1,8H2,2-7H3;/q-1;+1. The van der Waals surface area contributed by atoms with Gasteiger partial charge in [-0.3, -0.25) is 0 Å². The van der Waals surface area contributed by atoms with Gasteiger partial charge in [-0.05, 0) is 10.8 Å². The van der Waals surface area contributed by atoms with Gasteiger partial charge >= 0.3 is 18.9 Å². The average Bonchev–Trinajstić information content (AvgIpc) is 1.81. The van der Waals surface area contributed by atoms with Gasteiger partial charge in [0.15, 0.2) is 0 Å². The summed E-state index contributed by atoms with van der Waals surface area (Å²) in [5, 5.41) is 0.507. The Morgan fingerprint density at radius 3 is 1.92 bits per heavy atom. The average molecular weight is 210 g/mol. The van der Waals surface area contributed by atoms with E-state index in [1.165, 1.54) is 5.75 Å². The molecule has 0 bridgehead atoms. The Hall–Kier alpha value is 1.16. The quantitative estimate of drug-likeness (QED) is 0.498. The molecule has 0 radical (unpaired) electrons. The van der Waals surface area contributed by atoms with Gasteiger partial charge in [0.05, 0.1) is 0 Å². The van der Waals surface area contributed by atoms with Crippen LogP contribution in [0.4, 0.5) is 0 Å². The van der Waals surface area contributed by atoms with Crippen molar-refractivity contribution in [3.8, 4) is 0 Å². The minimum atomic E-state index is -1.09. The second-order valence-corrected chi connectivity index (χ2v) is 14.2. The molecule has 0 spiro atoms. The van der Waals surface area contributed by atoms with Crippen LogP contribution in [0.3, 0.4) is 0 Å². The molecular formula is C10H23LiSSi. The van der Waals surface area contributed by atoms with Crippen LogP contribution in [-0.2, 0) is 0 Å². The molecule has 0 aliphatic carbocycles. The Morgan fingerprint density at radius 2 is 1.69 bits per heavy atom. The van der Waals surface area contributed by atoms with E-state index in [1.807, 2.05) is 0 Å². The molecule has 13 heavy (non-hydrogen) atoms. The van der Waals surface area contributed by atoms with E-state index in [0.29, 0.717) is 11.0 Å². The maximum absolute atomic E-state index is 4.02. The maximum Gasteiger partial charge on any atom is 1.00 e. The molecule has 0 rings (SSSR count). The van der Waals surface area contributed by atoms with Gasteiger partial charge in [0.1, 0.15) is 7.22 Å². The molecular weight excluding hydrogens is 187 g/mol. The van der Waals surface area contributed by atoms with Gasteiger partial charge in [-0.15, -0.1) is 0 Å². The van der Waals surface area contributed by atoms with Gasteiger partial charge in [0.2, 0.25) is 0 Å². The summed E-state index contributed by atoms with van der Waals surface area (Å²) >= 11 is 2.17. The van der Waals surface area contributed by atoms with Gasteiger partial charge in [0, 0.05) is 0 Å². The van der Waals surface area contributed by atoms with Crippen molar-refractivity contribution in [2.45, 2.75) is 45.8 Å². The van der Waals surface area contributed by atoms with Gasteiger partial charge in [-0.1, -0.05) is 40.8 Å². The van der Waals surface area contributed by atoms with E-state index < -0.39 is 7.22 Å². The molecule has 0 aliphatic heterocycles. The Morgan fingerprint density at radius 1 is 1.31 bits per heavy atom. The summed E-state index contributed by atoms with van der Waals surface area (Å²) in [5.41, 5.74) is 0. The molecule has 1 atom stereocenters. The first-order valence-corrected chi connectivity index (χ1v) is 9.35. The molecule has 74 valence electrons. The molecule has 0 aromatic carbocycles. The predicted octanol–water partition coefficient (Wildman–Crippen LogP) is 1.20. The zero-order valence-electron chi connectivity index (χ0n) is 10.4. The number of hydrogen-bond acceptors (Lipinski definition) is 1. The van der Waals surface area contributed by atoms with Crippen LogP contribution in [0.5, 0.6) is 0 Å². The second-order valence-electron chi connectivity index (χ2n) is 5.18. The molecule has 3 heteroatoms. The van der Waals surface area contributed by atoms with E-state index >= 15 is 0 Å². The zero-order valence-corrected chi connectivity index (χ0v) is 12.2. The van der Waals surface area contributed by atoms with Crippen LogP contribution in [-0.4, -0.2) is 13.0 Å². The molecule has 0 fully saturated rings. The largest absolute Gasteiger partial charge is 1.00 e. The third kappa shape index (κ3) is 6.28. The summed E-state index contributed by atoms with van der Waals surface area (Å²) in [5.74, 6) is 1.81. The third-order valence-electron chi connectivity index (χ3n) is 2.53. The molecule has 0 heterocycles. The van der Waals surface area contributed by atoms with E-state index in [1.54, 1.807) is 0 Å². The topological polar surface area (TPSA) is 0 Å². The fraction of sp³-hybridized carbons (Fsp3) is 0.900. The Balaban J connectivity index is 0. The van der Waals surface area contributed by atoms with Crippen LogP contribution in [0.1, 0.15) is 27.7 Å². The summed E-state index contributed by atoms with van der Waals surface area (Å²) in [4.78, 5) is 0. The van der Waals surface area contributed by atoms with Gasteiger partial charge in [0.25, 0.3) is 0 Å². The first kappa shape index (κ1) is 16.6. The molecule has 0 saturated heterocycles. The van der Waals surface area contributed by atoms with E-state index in [-0.39, 0.29) is 18.9 Å². The summed E-state index contributed by atoms with van der Waals surface area (Å²) < 4.78 is 0. The molecule has 0 saturated carbocycles. The van der Waals surface area contributed by atoms with Crippen molar-refractivity contribution in [3.63, 3.8) is 0 Å². The fourth-order valence-corrected chi connectivity index (χ4v) is 5.10. The molecule has 0 amide bonds. The molecule has 0 aromatic rings. The van der Waals surface area contributed by atoms with Crippen LogP contribution in [0.25, 0.3) is 0 Å². The van der Waals surface area contributed by atoms with E-state index in [4.69, 9.17) is 0 Å². The number of hydrogen-bond donors (Lipinski definition) is 0. The third-order valence-corrected chi connectivity index (χ3v) is 12.1. The van der Waals surface area contributed by atoms with E-state index in [2.05, 4.69) is 58.9 Å². The number of rotatable bonds is 3. The van der Waals surface area contributed by atoms with Gasteiger partial charge in [-0.2, -0.15) is 17.1 Å². The normalized spacial score (nSPS) is 15.0. The van der Waals surface area contributed by atoms with E-state index in [9.17, 15) is 0 Å². The summed E-state index contributed by atoms with van der Waals surface area (Å²) in [6.45, 7) is 18.2. The summed E-state index contributed by atoms with van der Waals surface area (Å²) in [6, 6.07) is 0. The molecule has 0 aromatic heterocycles. The van der Waals surface area contributed by atoms with Gasteiger partial charge < -0.3 is 6.92 Å². The predicted molar refractivity (Wildman–Crippen MR) is 64.2 cm³/mol. The first-order chi connectivity index (χ1) is 5.17. The summed E-state index contributed by atoms with van der Waals surface area (Å²) in [6.07, 6.45) is 0. The summed E-state index contributed by atoms with van der Waals surface area (Å²) in [7, 11) is -1.09. The monoisotopic (exact) mass is 210 g/mol. The SMILES string of the molecule is [CH2-]C(C)CS[Si](C)(C)C(C)(C)C.[Li+]. The van der Waals surface area contributed by atoms with Crippen molar-refractivity contribution in [1.29, 1.82) is 0 Å². The van der Waals surface area contributed by atoms with Crippen LogP contribution < -0.4 is 18.9 Å². The Labute approximate surface area is 101 Å². The first-order valence-electron chi connectivity index (χ1n) is 4.64. The van der Waals surface area contributed by atoms with Crippen molar-refractivity contribution in [2.75, 3.05) is 5.75 Å².